The van der Waals surface area contributed by atoms with Crippen LogP contribution < -0.4 is 10.1 Å². The van der Waals surface area contributed by atoms with Gasteiger partial charge in [-0.2, -0.15) is 0 Å². The zero-order chi connectivity index (χ0) is 13.0. The van der Waals surface area contributed by atoms with E-state index in [9.17, 15) is 8.78 Å². The summed E-state index contributed by atoms with van der Waals surface area (Å²) in [7, 11) is 0. The molecule has 1 aliphatic carbocycles. The first kappa shape index (κ1) is 13.3. The highest BCUT2D eigenvalue weighted by atomic mass is 19.3. The molecule has 100 valence electrons. The van der Waals surface area contributed by atoms with E-state index >= 15 is 0 Å². The molecule has 18 heavy (non-hydrogen) atoms. The fourth-order valence-corrected chi connectivity index (χ4v) is 2.56. The van der Waals surface area contributed by atoms with Crippen molar-refractivity contribution >= 4 is 0 Å². The van der Waals surface area contributed by atoms with E-state index in [1.807, 2.05) is 6.07 Å². The van der Waals surface area contributed by atoms with E-state index in [0.717, 1.165) is 31.4 Å². The molecule has 0 saturated heterocycles. The average molecular weight is 255 g/mol. The van der Waals surface area contributed by atoms with Crippen molar-refractivity contribution < 1.29 is 13.5 Å². The van der Waals surface area contributed by atoms with Gasteiger partial charge < -0.3 is 10.1 Å². The summed E-state index contributed by atoms with van der Waals surface area (Å²) >= 11 is 0. The second-order valence-electron chi connectivity index (χ2n) is 4.53. The maximum atomic E-state index is 12.2. The highest BCUT2D eigenvalue weighted by molar-refractivity contribution is 5.43. The molecule has 1 N–H and O–H groups in total. The van der Waals surface area contributed by atoms with Gasteiger partial charge in [0.05, 0.1) is 0 Å². The number of halogens is 2. The average Bonchev–Trinajstić information content (AvgIpc) is 2.37. The van der Waals surface area contributed by atoms with Gasteiger partial charge in [-0.1, -0.05) is 19.1 Å². The molecular weight excluding hydrogens is 236 g/mol. The Morgan fingerprint density at radius 3 is 3.00 bits per heavy atom. The van der Waals surface area contributed by atoms with E-state index in [1.165, 1.54) is 5.56 Å². The van der Waals surface area contributed by atoms with Gasteiger partial charge in [0, 0.05) is 6.04 Å². The lowest BCUT2D eigenvalue weighted by Gasteiger charge is -2.27. The van der Waals surface area contributed by atoms with Crippen LogP contribution in [0.15, 0.2) is 18.2 Å². The van der Waals surface area contributed by atoms with Crippen molar-refractivity contribution in [3.8, 4) is 5.75 Å². The van der Waals surface area contributed by atoms with Crippen LogP contribution in [0, 0.1) is 0 Å². The van der Waals surface area contributed by atoms with Gasteiger partial charge in [0.2, 0.25) is 0 Å². The zero-order valence-electron chi connectivity index (χ0n) is 10.6. The van der Waals surface area contributed by atoms with Crippen molar-refractivity contribution in [2.75, 3.05) is 13.2 Å². The lowest BCUT2D eigenvalue weighted by Crippen LogP contribution is -2.25. The zero-order valence-corrected chi connectivity index (χ0v) is 10.6. The molecular formula is C14H19F2NO. The van der Waals surface area contributed by atoms with Crippen LogP contribution in [0.25, 0.3) is 0 Å². The fourth-order valence-electron chi connectivity index (χ4n) is 2.56. The number of hydrogen-bond acceptors (Lipinski definition) is 2. The number of fused-ring (bicyclic) bond motifs is 1. The molecule has 1 aromatic rings. The van der Waals surface area contributed by atoms with Crippen molar-refractivity contribution in [2.24, 2.45) is 0 Å². The lowest BCUT2D eigenvalue weighted by atomic mass is 9.87. The van der Waals surface area contributed by atoms with E-state index in [2.05, 4.69) is 18.3 Å². The molecule has 0 aliphatic heterocycles. The molecule has 0 saturated carbocycles. The van der Waals surface area contributed by atoms with Gasteiger partial charge in [0.25, 0.3) is 6.43 Å². The number of rotatable bonds is 5. The summed E-state index contributed by atoms with van der Waals surface area (Å²) in [5.74, 6) is 0.621. The number of hydrogen-bond donors (Lipinski definition) is 1. The van der Waals surface area contributed by atoms with Gasteiger partial charge in [-0.3, -0.25) is 0 Å². The topological polar surface area (TPSA) is 21.3 Å². The predicted octanol–water partition coefficient (Wildman–Crippen LogP) is 3.32. The van der Waals surface area contributed by atoms with E-state index in [1.54, 1.807) is 6.07 Å². The summed E-state index contributed by atoms with van der Waals surface area (Å²) in [4.78, 5) is 0. The Kier molecular flexibility index (Phi) is 4.53. The van der Waals surface area contributed by atoms with Crippen molar-refractivity contribution in [3.63, 3.8) is 0 Å². The van der Waals surface area contributed by atoms with Crippen LogP contribution in [-0.2, 0) is 6.42 Å². The van der Waals surface area contributed by atoms with Gasteiger partial charge in [0.1, 0.15) is 12.4 Å². The molecule has 0 aromatic heterocycles. The molecule has 1 atom stereocenters. The third kappa shape index (κ3) is 2.99. The van der Waals surface area contributed by atoms with Crippen LogP contribution >= 0.6 is 0 Å². The maximum absolute atomic E-state index is 12.2. The minimum Gasteiger partial charge on any atom is -0.487 e. The molecule has 0 heterocycles. The largest absolute Gasteiger partial charge is 0.487 e. The van der Waals surface area contributed by atoms with Crippen molar-refractivity contribution in [1.82, 2.24) is 5.32 Å². The normalized spacial score (nSPS) is 18.8. The molecule has 0 spiro atoms. The van der Waals surface area contributed by atoms with Gasteiger partial charge >= 0.3 is 0 Å². The van der Waals surface area contributed by atoms with Gasteiger partial charge in [-0.05, 0) is 43.0 Å². The van der Waals surface area contributed by atoms with Crippen LogP contribution in [0.2, 0.25) is 0 Å². The molecule has 0 radical (unpaired) electrons. The van der Waals surface area contributed by atoms with Gasteiger partial charge in [-0.25, -0.2) is 8.78 Å². The highest BCUT2D eigenvalue weighted by Crippen LogP contribution is 2.35. The minimum atomic E-state index is -2.42. The summed E-state index contributed by atoms with van der Waals surface area (Å²) < 4.78 is 29.6. The second kappa shape index (κ2) is 6.14. The van der Waals surface area contributed by atoms with E-state index in [4.69, 9.17) is 4.74 Å². The van der Waals surface area contributed by atoms with Crippen LogP contribution in [0.4, 0.5) is 8.78 Å². The Balaban J connectivity index is 2.20. The highest BCUT2D eigenvalue weighted by Gasteiger charge is 2.22. The van der Waals surface area contributed by atoms with Crippen molar-refractivity contribution in [2.45, 2.75) is 38.7 Å². The standard InChI is InChI=1S/C14H19F2NO/c1-2-17-12-7-3-6-11-10(12)5-4-8-13(11)18-9-14(15)16/h4-5,8,12,14,17H,2-3,6-7,9H2,1H3. The SMILES string of the molecule is CCNC1CCCc2c(OCC(F)F)cccc21. The number of nitrogens with one attached hydrogen (secondary N) is 1. The maximum Gasteiger partial charge on any atom is 0.272 e. The first-order valence-corrected chi connectivity index (χ1v) is 6.48. The summed E-state index contributed by atoms with van der Waals surface area (Å²) in [6, 6.07) is 6.07. The Morgan fingerprint density at radius 1 is 1.44 bits per heavy atom. The van der Waals surface area contributed by atoms with Crippen LogP contribution in [0.3, 0.4) is 0 Å². The Labute approximate surface area is 106 Å². The van der Waals surface area contributed by atoms with E-state index in [-0.39, 0.29) is 0 Å². The first-order valence-electron chi connectivity index (χ1n) is 6.48. The second-order valence-corrected chi connectivity index (χ2v) is 4.53. The number of ether oxygens (including phenoxy) is 1. The molecule has 2 rings (SSSR count). The van der Waals surface area contributed by atoms with E-state index in [0.29, 0.717) is 11.8 Å². The molecule has 0 amide bonds. The Bertz CT molecular complexity index is 395. The predicted molar refractivity (Wildman–Crippen MR) is 67.3 cm³/mol. The molecule has 0 fully saturated rings. The quantitative estimate of drug-likeness (QED) is 0.871. The third-order valence-electron chi connectivity index (χ3n) is 3.28. The van der Waals surface area contributed by atoms with Crippen molar-refractivity contribution in [3.05, 3.63) is 29.3 Å². The van der Waals surface area contributed by atoms with Crippen molar-refractivity contribution in [1.29, 1.82) is 0 Å². The molecule has 2 nitrogen and oxygen atoms in total. The lowest BCUT2D eigenvalue weighted by molar-refractivity contribution is 0.0812. The number of alkyl halides is 2. The summed E-state index contributed by atoms with van der Waals surface area (Å²) in [6.45, 7) is 2.46. The number of benzene rings is 1. The Morgan fingerprint density at radius 2 is 2.28 bits per heavy atom. The molecule has 0 bridgehead atoms. The molecule has 4 heteroatoms. The first-order chi connectivity index (χ1) is 8.72. The summed E-state index contributed by atoms with van der Waals surface area (Å²) in [5.41, 5.74) is 2.30. The van der Waals surface area contributed by atoms with Crippen LogP contribution in [0.1, 0.15) is 36.9 Å². The molecule has 1 aliphatic rings. The Hall–Kier alpha value is -1.16. The molecule has 1 unspecified atom stereocenters. The minimum absolute atomic E-state index is 0.328. The summed E-state index contributed by atoms with van der Waals surface area (Å²) in [5, 5.41) is 3.43. The van der Waals surface area contributed by atoms with Crippen LogP contribution in [-0.4, -0.2) is 19.6 Å². The van der Waals surface area contributed by atoms with Crippen LogP contribution in [0.5, 0.6) is 5.75 Å². The van der Waals surface area contributed by atoms with Gasteiger partial charge in [0.15, 0.2) is 0 Å². The molecule has 1 aromatic carbocycles. The third-order valence-corrected chi connectivity index (χ3v) is 3.28. The monoisotopic (exact) mass is 255 g/mol. The van der Waals surface area contributed by atoms with Gasteiger partial charge in [-0.15, -0.1) is 0 Å². The fraction of sp³-hybridized carbons (Fsp3) is 0.571. The van der Waals surface area contributed by atoms with E-state index < -0.39 is 13.0 Å². The summed E-state index contributed by atoms with van der Waals surface area (Å²) in [6.07, 6.45) is 0.657. The smallest absolute Gasteiger partial charge is 0.272 e.